The van der Waals surface area contributed by atoms with E-state index >= 15 is 0 Å². The van der Waals surface area contributed by atoms with Gasteiger partial charge in [0.25, 0.3) is 0 Å². The van der Waals surface area contributed by atoms with Crippen molar-refractivity contribution in [2.75, 3.05) is 13.2 Å². The van der Waals surface area contributed by atoms with Crippen molar-refractivity contribution >= 4 is 17.9 Å². The normalized spacial score (nSPS) is 12.7. The van der Waals surface area contributed by atoms with Crippen LogP contribution < -0.4 is 0 Å². The topological polar surface area (TPSA) is 78.9 Å². The minimum atomic E-state index is -0.780. The van der Waals surface area contributed by atoms with E-state index in [-0.39, 0.29) is 31.1 Å². The van der Waals surface area contributed by atoms with Crippen LogP contribution in [0.25, 0.3) is 0 Å². The summed E-state index contributed by atoms with van der Waals surface area (Å²) in [7, 11) is 0. The Hall–Kier alpha value is -3.67. The molecule has 0 bridgehead atoms. The molecule has 0 saturated heterocycles. The molecule has 0 aromatic carbocycles. The van der Waals surface area contributed by atoms with Crippen LogP contribution in [0.15, 0.2) is 97.2 Å². The molecule has 0 N–H and O–H groups in total. The van der Waals surface area contributed by atoms with E-state index in [0.717, 1.165) is 103 Å². The number of carbonyl (C=O) groups excluding carboxylic acids is 3. The Bertz CT molecular complexity index is 1510. The fourth-order valence-electron chi connectivity index (χ4n) is 9.18. The summed E-state index contributed by atoms with van der Waals surface area (Å²) >= 11 is 0. The molecule has 1 atom stereocenters. The van der Waals surface area contributed by atoms with Crippen molar-refractivity contribution in [1.82, 2.24) is 0 Å². The smallest absolute Gasteiger partial charge is 0.306 e. The van der Waals surface area contributed by atoms with Crippen molar-refractivity contribution in [2.24, 2.45) is 0 Å². The van der Waals surface area contributed by atoms with E-state index in [1.807, 2.05) is 0 Å². The highest BCUT2D eigenvalue weighted by Gasteiger charge is 2.19. The van der Waals surface area contributed by atoms with Crippen molar-refractivity contribution in [3.8, 4) is 0 Å². The molecule has 0 aromatic heterocycles. The van der Waals surface area contributed by atoms with Crippen molar-refractivity contribution in [3.63, 3.8) is 0 Å². The lowest BCUT2D eigenvalue weighted by molar-refractivity contribution is -0.167. The van der Waals surface area contributed by atoms with Gasteiger partial charge in [-0.2, -0.15) is 0 Å². The highest BCUT2D eigenvalue weighted by molar-refractivity contribution is 5.71. The zero-order valence-electron chi connectivity index (χ0n) is 50.7. The van der Waals surface area contributed by atoms with Gasteiger partial charge in [-0.15, -0.1) is 0 Å². The van der Waals surface area contributed by atoms with Gasteiger partial charge in [0.05, 0.1) is 0 Å². The first kappa shape index (κ1) is 73.3. The lowest BCUT2D eigenvalue weighted by Crippen LogP contribution is -2.30. The summed E-state index contributed by atoms with van der Waals surface area (Å²) in [5.41, 5.74) is 0. The minimum absolute atomic E-state index is 0.0777. The van der Waals surface area contributed by atoms with Gasteiger partial charge in [0.2, 0.25) is 0 Å². The molecule has 0 aliphatic carbocycles. The Morgan fingerprint density at radius 1 is 0.273 bits per heavy atom. The molecule has 0 saturated carbocycles. The molecule has 0 aliphatic rings. The lowest BCUT2D eigenvalue weighted by Gasteiger charge is -2.18. The Kier molecular flexibility index (Phi) is 61.8. The Balaban J connectivity index is 4.21. The second-order valence-corrected chi connectivity index (χ2v) is 21.6. The van der Waals surface area contributed by atoms with Gasteiger partial charge in [0, 0.05) is 19.3 Å². The van der Waals surface area contributed by atoms with Crippen LogP contribution in [0.1, 0.15) is 316 Å². The molecule has 0 spiro atoms. The molecule has 0 heterocycles. The van der Waals surface area contributed by atoms with Gasteiger partial charge in [0.15, 0.2) is 6.10 Å². The van der Waals surface area contributed by atoms with Gasteiger partial charge in [-0.25, -0.2) is 0 Å². The summed E-state index contributed by atoms with van der Waals surface area (Å²) in [4.78, 5) is 38.2. The summed E-state index contributed by atoms with van der Waals surface area (Å²) in [6.45, 7) is 6.52. The number of hydrogen-bond donors (Lipinski definition) is 0. The molecule has 77 heavy (non-hydrogen) atoms. The third kappa shape index (κ3) is 63.0. The van der Waals surface area contributed by atoms with E-state index in [1.165, 1.54) is 173 Å². The van der Waals surface area contributed by atoms with Gasteiger partial charge < -0.3 is 14.2 Å². The number of rotatable bonds is 59. The average molecular weight is 1070 g/mol. The van der Waals surface area contributed by atoms with Crippen LogP contribution in [-0.2, 0) is 28.6 Å². The second-order valence-electron chi connectivity index (χ2n) is 21.6. The SMILES string of the molecule is CC/C=C\C/C=C\C/C=C\C/C=C\C/C=C\C/C=C\CCCCCCCCCCCCC(=O)OCC(COC(=O)CCCCCCCCCCC)OC(=O)CCCCCCCCCCC/C=C\C/C=C\CCCCCCC. The highest BCUT2D eigenvalue weighted by atomic mass is 16.6. The number of allylic oxidation sites excluding steroid dienone is 16. The first-order valence-corrected chi connectivity index (χ1v) is 32.7. The Morgan fingerprint density at radius 3 is 0.792 bits per heavy atom. The van der Waals surface area contributed by atoms with Crippen molar-refractivity contribution < 1.29 is 28.6 Å². The predicted molar refractivity (Wildman–Crippen MR) is 334 cm³/mol. The lowest BCUT2D eigenvalue weighted by atomic mass is 10.1. The standard InChI is InChI=1S/C71H122O6/c1-4-7-10-13-16-19-21-23-25-27-29-31-32-33-34-35-36-37-38-40-41-43-45-47-49-52-55-58-61-64-70(73)76-67-68(66-75-69(72)63-60-57-54-51-18-15-12-9-6-3)77-71(74)65-62-59-56-53-50-48-46-44-42-39-30-28-26-24-22-20-17-14-11-8-5-2/h7,10,16,19,22-25,28-31,33-34,36-37,68H,4-6,8-9,11-15,17-18,20-21,26-27,32,35,38-67H2,1-3H3/b10-7-,19-16-,24-22-,25-23-,30-28-,31-29-,34-33-,37-36-. The Labute approximate surface area is 477 Å². The number of unbranched alkanes of at least 4 members (excludes halogenated alkanes) is 32. The van der Waals surface area contributed by atoms with Crippen molar-refractivity contribution in [2.45, 2.75) is 322 Å². The molecular weight excluding hydrogens is 949 g/mol. The molecule has 442 valence electrons. The van der Waals surface area contributed by atoms with Crippen LogP contribution in [0.5, 0.6) is 0 Å². The van der Waals surface area contributed by atoms with Crippen LogP contribution in [0.4, 0.5) is 0 Å². The van der Waals surface area contributed by atoms with Crippen LogP contribution in [-0.4, -0.2) is 37.2 Å². The Morgan fingerprint density at radius 2 is 0.506 bits per heavy atom. The summed E-state index contributed by atoms with van der Waals surface area (Å²) in [5, 5.41) is 0. The van der Waals surface area contributed by atoms with E-state index in [2.05, 4.69) is 118 Å². The van der Waals surface area contributed by atoms with E-state index in [0.29, 0.717) is 19.3 Å². The van der Waals surface area contributed by atoms with Crippen LogP contribution in [0.3, 0.4) is 0 Å². The molecular formula is C71H122O6. The summed E-state index contributed by atoms with van der Waals surface area (Å²) in [5.74, 6) is -0.879. The van der Waals surface area contributed by atoms with E-state index in [9.17, 15) is 14.4 Å². The average Bonchev–Trinajstić information content (AvgIpc) is 3.43. The number of ether oxygens (including phenoxy) is 3. The molecule has 0 rings (SSSR count). The van der Waals surface area contributed by atoms with Gasteiger partial charge in [-0.3, -0.25) is 14.4 Å². The monoisotopic (exact) mass is 1070 g/mol. The summed E-state index contributed by atoms with van der Waals surface area (Å²) < 4.78 is 16.9. The van der Waals surface area contributed by atoms with E-state index in [1.54, 1.807) is 0 Å². The fraction of sp³-hybridized carbons (Fsp3) is 0.732. The van der Waals surface area contributed by atoms with Crippen LogP contribution >= 0.6 is 0 Å². The highest BCUT2D eigenvalue weighted by Crippen LogP contribution is 2.16. The van der Waals surface area contributed by atoms with Gasteiger partial charge in [-0.1, -0.05) is 291 Å². The van der Waals surface area contributed by atoms with Gasteiger partial charge in [-0.05, 0) is 103 Å². The van der Waals surface area contributed by atoms with Crippen LogP contribution in [0.2, 0.25) is 0 Å². The van der Waals surface area contributed by atoms with Gasteiger partial charge in [0.1, 0.15) is 13.2 Å². The third-order valence-corrected chi connectivity index (χ3v) is 14.1. The molecule has 0 amide bonds. The molecule has 0 fully saturated rings. The van der Waals surface area contributed by atoms with E-state index < -0.39 is 6.10 Å². The summed E-state index contributed by atoms with van der Waals surface area (Å²) in [6.07, 6.45) is 87.1. The fourth-order valence-corrected chi connectivity index (χ4v) is 9.18. The van der Waals surface area contributed by atoms with E-state index in [4.69, 9.17) is 14.2 Å². The number of carbonyl (C=O) groups is 3. The quantitative estimate of drug-likeness (QED) is 0.0261. The zero-order valence-corrected chi connectivity index (χ0v) is 50.7. The maximum atomic E-state index is 12.9. The number of esters is 3. The third-order valence-electron chi connectivity index (χ3n) is 14.1. The minimum Gasteiger partial charge on any atom is -0.462 e. The summed E-state index contributed by atoms with van der Waals surface area (Å²) in [6, 6.07) is 0. The molecule has 1 unspecified atom stereocenters. The largest absolute Gasteiger partial charge is 0.462 e. The van der Waals surface area contributed by atoms with Gasteiger partial charge >= 0.3 is 17.9 Å². The molecule has 6 heteroatoms. The molecule has 0 radical (unpaired) electrons. The molecule has 6 nitrogen and oxygen atoms in total. The maximum absolute atomic E-state index is 12.9. The second kappa shape index (κ2) is 64.9. The first-order chi connectivity index (χ1) is 38.0. The number of hydrogen-bond acceptors (Lipinski definition) is 6. The maximum Gasteiger partial charge on any atom is 0.306 e. The zero-order chi connectivity index (χ0) is 55.7. The van der Waals surface area contributed by atoms with Crippen molar-refractivity contribution in [1.29, 1.82) is 0 Å². The van der Waals surface area contributed by atoms with Crippen molar-refractivity contribution in [3.05, 3.63) is 97.2 Å². The predicted octanol–water partition coefficient (Wildman–Crippen LogP) is 22.4. The first-order valence-electron chi connectivity index (χ1n) is 32.7. The van der Waals surface area contributed by atoms with Crippen LogP contribution in [0, 0.1) is 0 Å². The molecule has 0 aliphatic heterocycles. The molecule has 0 aromatic rings.